The lowest BCUT2D eigenvalue weighted by atomic mass is 9.97. The van der Waals surface area contributed by atoms with E-state index < -0.39 is 0 Å². The van der Waals surface area contributed by atoms with Crippen molar-refractivity contribution in [1.82, 2.24) is 10.3 Å². The number of nitrogens with one attached hydrogen (secondary N) is 1. The highest BCUT2D eigenvalue weighted by Crippen LogP contribution is 2.39. The molecule has 2 aliphatic rings. The maximum absolute atomic E-state index is 11.7. The first-order valence-electron chi connectivity index (χ1n) is 7.63. The van der Waals surface area contributed by atoms with Crippen molar-refractivity contribution in [2.75, 3.05) is 11.5 Å². The van der Waals surface area contributed by atoms with Gasteiger partial charge in [0.1, 0.15) is 0 Å². The maximum Gasteiger partial charge on any atom is 0.225 e. The third-order valence-corrected chi connectivity index (χ3v) is 5.37. The molecule has 0 spiro atoms. The van der Waals surface area contributed by atoms with E-state index in [0.29, 0.717) is 18.5 Å². The third kappa shape index (κ3) is 3.27. The molecule has 2 aliphatic carbocycles. The summed E-state index contributed by atoms with van der Waals surface area (Å²) in [5.74, 6) is 0.644. The van der Waals surface area contributed by atoms with Crippen LogP contribution in [0.25, 0.3) is 0 Å². The third-order valence-electron chi connectivity index (χ3n) is 4.48. The fraction of sp³-hybridized carbons (Fsp3) is 0.733. The fourth-order valence-electron chi connectivity index (χ4n) is 2.71. The van der Waals surface area contributed by atoms with E-state index >= 15 is 0 Å². The van der Waals surface area contributed by atoms with E-state index in [2.05, 4.69) is 17.2 Å². The molecule has 0 radical (unpaired) electrons. The molecule has 1 aromatic rings. The Labute approximate surface area is 129 Å². The molecule has 21 heavy (non-hydrogen) atoms. The second kappa shape index (κ2) is 5.66. The molecule has 2 fully saturated rings. The van der Waals surface area contributed by atoms with Crippen molar-refractivity contribution in [2.45, 2.75) is 57.7 Å². The highest BCUT2D eigenvalue weighted by molar-refractivity contribution is 7.14. The predicted molar refractivity (Wildman–Crippen MR) is 83.4 cm³/mol. The largest absolute Gasteiger partial charge is 0.394 e. The van der Waals surface area contributed by atoms with Crippen molar-refractivity contribution in [3.8, 4) is 0 Å². The average Bonchev–Trinajstić information content (AvgIpc) is 3.35. The van der Waals surface area contributed by atoms with Gasteiger partial charge in [-0.3, -0.25) is 9.69 Å². The number of nitrogens with zero attached hydrogens (tertiary/aromatic N) is 2. The Hall–Kier alpha value is -0.980. The zero-order valence-electron chi connectivity index (χ0n) is 12.6. The molecule has 5 nitrogen and oxygen atoms in total. The Morgan fingerprint density at radius 1 is 1.52 bits per heavy atom. The van der Waals surface area contributed by atoms with Gasteiger partial charge in [-0.15, -0.1) is 11.3 Å². The summed E-state index contributed by atoms with van der Waals surface area (Å²) in [5.41, 5.74) is 0.739. The lowest BCUT2D eigenvalue weighted by Crippen LogP contribution is -2.47. The van der Waals surface area contributed by atoms with Gasteiger partial charge in [-0.2, -0.15) is 0 Å². The Balaban J connectivity index is 1.63. The van der Waals surface area contributed by atoms with Crippen LogP contribution >= 0.6 is 11.3 Å². The molecular formula is C15H23N3O2S. The van der Waals surface area contributed by atoms with E-state index in [4.69, 9.17) is 0 Å². The number of aliphatic hydroxyl groups excluding tert-OH is 1. The SMILES string of the molecule is CC(=O)N(c1nc(CNC(C)(CO)C2CC2)cs1)C1CC1. The number of anilines is 1. The van der Waals surface area contributed by atoms with Crippen LogP contribution in [0.5, 0.6) is 0 Å². The van der Waals surface area contributed by atoms with Crippen molar-refractivity contribution in [3.05, 3.63) is 11.1 Å². The summed E-state index contributed by atoms with van der Waals surface area (Å²) in [6, 6.07) is 0.351. The molecule has 0 aromatic carbocycles. The van der Waals surface area contributed by atoms with Crippen LogP contribution in [-0.2, 0) is 11.3 Å². The molecule has 1 amide bonds. The van der Waals surface area contributed by atoms with Crippen molar-refractivity contribution >= 4 is 22.4 Å². The second-order valence-corrected chi connectivity index (χ2v) is 7.28. The Bertz CT molecular complexity index is 525. The standard InChI is InChI=1S/C15H23N3O2S/c1-10(20)18(13-5-6-13)14-17-12(8-21-14)7-16-15(2,9-19)11-3-4-11/h8,11,13,16,19H,3-7,9H2,1-2H3. The summed E-state index contributed by atoms with van der Waals surface area (Å²) in [7, 11) is 0. The Kier molecular flexibility index (Phi) is 4.03. The van der Waals surface area contributed by atoms with E-state index in [1.165, 1.54) is 24.2 Å². The van der Waals surface area contributed by atoms with Crippen LogP contribution in [0.3, 0.4) is 0 Å². The minimum atomic E-state index is -0.208. The van der Waals surface area contributed by atoms with Crippen LogP contribution in [0.4, 0.5) is 5.13 Å². The molecule has 2 N–H and O–H groups in total. The van der Waals surface area contributed by atoms with Crippen LogP contribution in [0.1, 0.15) is 45.2 Å². The van der Waals surface area contributed by atoms with Crippen LogP contribution in [0.15, 0.2) is 5.38 Å². The maximum atomic E-state index is 11.7. The number of aromatic nitrogens is 1. The van der Waals surface area contributed by atoms with E-state index in [0.717, 1.165) is 23.7 Å². The molecule has 1 unspecified atom stereocenters. The van der Waals surface area contributed by atoms with E-state index in [9.17, 15) is 9.90 Å². The lowest BCUT2D eigenvalue weighted by molar-refractivity contribution is -0.116. The molecule has 0 aliphatic heterocycles. The van der Waals surface area contributed by atoms with Crippen LogP contribution in [0, 0.1) is 5.92 Å². The molecule has 6 heteroatoms. The highest BCUT2D eigenvalue weighted by Gasteiger charge is 2.40. The summed E-state index contributed by atoms with van der Waals surface area (Å²) in [6.45, 7) is 4.47. The zero-order chi connectivity index (χ0) is 15.0. The van der Waals surface area contributed by atoms with Gasteiger partial charge in [0.2, 0.25) is 5.91 Å². The molecule has 1 atom stereocenters. The van der Waals surface area contributed by atoms with E-state index in [1.54, 1.807) is 6.92 Å². The molecule has 3 rings (SSSR count). The summed E-state index contributed by atoms with van der Waals surface area (Å²) < 4.78 is 0. The van der Waals surface area contributed by atoms with E-state index in [-0.39, 0.29) is 18.1 Å². The lowest BCUT2D eigenvalue weighted by Gasteiger charge is -2.28. The van der Waals surface area contributed by atoms with Gasteiger partial charge in [0.15, 0.2) is 5.13 Å². The van der Waals surface area contributed by atoms with Crippen LogP contribution in [-0.4, -0.2) is 34.2 Å². The molecule has 1 aromatic heterocycles. The van der Waals surface area contributed by atoms with Crippen molar-refractivity contribution in [2.24, 2.45) is 5.92 Å². The number of carbonyl (C=O) groups is 1. The van der Waals surface area contributed by atoms with Gasteiger partial charge >= 0.3 is 0 Å². The smallest absolute Gasteiger partial charge is 0.225 e. The molecule has 1 heterocycles. The van der Waals surface area contributed by atoms with Gasteiger partial charge in [0.05, 0.1) is 12.3 Å². The Morgan fingerprint density at radius 3 is 2.76 bits per heavy atom. The predicted octanol–water partition coefficient (Wildman–Crippen LogP) is 1.91. The number of hydrogen-bond acceptors (Lipinski definition) is 5. The first kappa shape index (κ1) is 14.9. The van der Waals surface area contributed by atoms with Crippen molar-refractivity contribution in [1.29, 1.82) is 0 Å². The normalized spacial score (nSPS) is 21.1. The van der Waals surface area contributed by atoms with Gasteiger partial charge in [-0.05, 0) is 38.5 Å². The number of thiazole rings is 1. The van der Waals surface area contributed by atoms with Gasteiger partial charge in [0, 0.05) is 30.4 Å². The monoisotopic (exact) mass is 309 g/mol. The summed E-state index contributed by atoms with van der Waals surface area (Å²) in [6.07, 6.45) is 4.53. The van der Waals surface area contributed by atoms with Gasteiger partial charge in [-0.25, -0.2) is 4.98 Å². The summed E-state index contributed by atoms with van der Waals surface area (Å²) in [4.78, 5) is 18.1. The topological polar surface area (TPSA) is 65.5 Å². The quantitative estimate of drug-likeness (QED) is 0.807. The molecule has 116 valence electrons. The molecule has 0 saturated heterocycles. The molecule has 0 bridgehead atoms. The number of amides is 1. The highest BCUT2D eigenvalue weighted by atomic mass is 32.1. The van der Waals surface area contributed by atoms with Crippen molar-refractivity contribution in [3.63, 3.8) is 0 Å². The average molecular weight is 309 g/mol. The fourth-order valence-corrected chi connectivity index (χ4v) is 3.65. The van der Waals surface area contributed by atoms with Gasteiger partial charge < -0.3 is 10.4 Å². The van der Waals surface area contributed by atoms with E-state index in [1.807, 2.05) is 10.3 Å². The number of aliphatic hydroxyl groups is 1. The molecular weight excluding hydrogens is 286 g/mol. The van der Waals surface area contributed by atoms with Gasteiger partial charge in [-0.1, -0.05) is 0 Å². The Morgan fingerprint density at radius 2 is 2.24 bits per heavy atom. The zero-order valence-corrected chi connectivity index (χ0v) is 13.4. The number of hydrogen-bond donors (Lipinski definition) is 2. The first-order valence-corrected chi connectivity index (χ1v) is 8.51. The number of rotatable bonds is 7. The minimum Gasteiger partial charge on any atom is -0.394 e. The second-order valence-electron chi connectivity index (χ2n) is 6.45. The summed E-state index contributed by atoms with van der Waals surface area (Å²) in [5, 5.41) is 15.8. The van der Waals surface area contributed by atoms with Crippen LogP contribution < -0.4 is 10.2 Å². The molecule has 2 saturated carbocycles. The van der Waals surface area contributed by atoms with Crippen LogP contribution in [0.2, 0.25) is 0 Å². The minimum absolute atomic E-state index is 0.0736. The summed E-state index contributed by atoms with van der Waals surface area (Å²) >= 11 is 1.53. The first-order chi connectivity index (χ1) is 10.0. The number of carbonyl (C=O) groups excluding carboxylic acids is 1. The van der Waals surface area contributed by atoms with Crippen molar-refractivity contribution < 1.29 is 9.90 Å². The van der Waals surface area contributed by atoms with Gasteiger partial charge in [0.25, 0.3) is 0 Å².